The third-order valence-corrected chi connectivity index (χ3v) is 3.94. The van der Waals surface area contributed by atoms with Crippen LogP contribution in [-0.2, 0) is 0 Å². The van der Waals surface area contributed by atoms with Gasteiger partial charge in [-0.15, -0.1) is 5.10 Å². The second-order valence-corrected chi connectivity index (χ2v) is 5.31. The molecule has 1 aliphatic carbocycles. The first-order valence-electron chi connectivity index (χ1n) is 6.93. The Balaban J connectivity index is 1.69. The van der Waals surface area contributed by atoms with Gasteiger partial charge < -0.3 is 5.32 Å². The molecule has 2 unspecified atom stereocenters. The van der Waals surface area contributed by atoms with Crippen LogP contribution in [0.25, 0.3) is 5.69 Å². The molecule has 0 radical (unpaired) electrons. The minimum absolute atomic E-state index is 0.604. The van der Waals surface area contributed by atoms with E-state index in [9.17, 15) is 0 Å². The lowest BCUT2D eigenvalue weighted by atomic mass is 9.86. The first kappa shape index (κ1) is 12.1. The smallest absolute Gasteiger partial charge is 0.143 e. The normalized spacial score (nSPS) is 23.2. The highest BCUT2D eigenvalue weighted by atomic mass is 15.5. The lowest BCUT2D eigenvalue weighted by Gasteiger charge is -2.30. The van der Waals surface area contributed by atoms with Gasteiger partial charge in [0.25, 0.3) is 0 Å². The number of tetrazole rings is 1. The Bertz CT molecular complexity index is 505. The van der Waals surface area contributed by atoms with Crippen LogP contribution < -0.4 is 5.32 Å². The molecule has 1 aromatic heterocycles. The number of anilines is 1. The molecule has 3 rings (SSSR count). The highest BCUT2D eigenvalue weighted by molar-refractivity contribution is 5.49. The van der Waals surface area contributed by atoms with Gasteiger partial charge in [0.05, 0.1) is 5.69 Å². The zero-order valence-electron chi connectivity index (χ0n) is 11.2. The molecule has 0 saturated heterocycles. The van der Waals surface area contributed by atoms with E-state index in [0.717, 1.165) is 11.6 Å². The van der Waals surface area contributed by atoms with Crippen LogP contribution in [0.1, 0.15) is 32.6 Å². The average molecular weight is 257 g/mol. The van der Waals surface area contributed by atoms with E-state index in [1.807, 2.05) is 12.1 Å². The summed E-state index contributed by atoms with van der Waals surface area (Å²) in [6.07, 6.45) is 6.92. The first-order valence-corrected chi connectivity index (χ1v) is 6.93. The number of nitrogens with zero attached hydrogens (tertiary/aromatic N) is 4. The number of hydrogen-bond acceptors (Lipinski definition) is 4. The fraction of sp³-hybridized carbons (Fsp3) is 0.500. The molecule has 2 aromatic rings. The van der Waals surface area contributed by atoms with Crippen molar-refractivity contribution in [3.8, 4) is 5.69 Å². The van der Waals surface area contributed by atoms with Crippen LogP contribution in [0.15, 0.2) is 30.6 Å². The van der Waals surface area contributed by atoms with Gasteiger partial charge in [0.2, 0.25) is 0 Å². The molecule has 5 heteroatoms. The van der Waals surface area contributed by atoms with Crippen molar-refractivity contribution in [3.63, 3.8) is 0 Å². The van der Waals surface area contributed by atoms with Crippen LogP contribution in [0.4, 0.5) is 5.69 Å². The molecule has 1 aliphatic rings. The van der Waals surface area contributed by atoms with Gasteiger partial charge in [0.1, 0.15) is 6.33 Å². The second-order valence-electron chi connectivity index (χ2n) is 5.31. The van der Waals surface area contributed by atoms with Gasteiger partial charge in [-0.1, -0.05) is 19.8 Å². The van der Waals surface area contributed by atoms with Gasteiger partial charge in [-0.3, -0.25) is 0 Å². The quantitative estimate of drug-likeness (QED) is 0.918. The van der Waals surface area contributed by atoms with Crippen LogP contribution in [-0.4, -0.2) is 26.2 Å². The van der Waals surface area contributed by atoms with Crippen molar-refractivity contribution in [2.45, 2.75) is 38.6 Å². The molecule has 1 aromatic carbocycles. The minimum Gasteiger partial charge on any atom is -0.382 e. The van der Waals surface area contributed by atoms with Gasteiger partial charge in [-0.05, 0) is 53.5 Å². The first-order chi connectivity index (χ1) is 9.33. The summed E-state index contributed by atoms with van der Waals surface area (Å²) in [5, 5.41) is 14.8. The molecule has 19 heavy (non-hydrogen) atoms. The van der Waals surface area contributed by atoms with E-state index in [2.05, 4.69) is 39.9 Å². The molecule has 0 spiro atoms. The Labute approximate surface area is 113 Å². The molecule has 0 aliphatic heterocycles. The monoisotopic (exact) mass is 257 g/mol. The lowest BCUT2D eigenvalue weighted by Crippen LogP contribution is -2.30. The SMILES string of the molecule is CC1CCCCC1Nc1ccc(-n2cnnn2)cc1. The molecule has 1 fully saturated rings. The van der Waals surface area contributed by atoms with Crippen LogP contribution >= 0.6 is 0 Å². The van der Waals surface area contributed by atoms with Crippen LogP contribution in [0, 0.1) is 5.92 Å². The van der Waals surface area contributed by atoms with Crippen molar-refractivity contribution < 1.29 is 0 Å². The molecular formula is C14H19N5. The summed E-state index contributed by atoms with van der Waals surface area (Å²) in [5.41, 5.74) is 2.16. The Kier molecular flexibility index (Phi) is 3.44. The summed E-state index contributed by atoms with van der Waals surface area (Å²) >= 11 is 0. The summed E-state index contributed by atoms with van der Waals surface area (Å²) in [5.74, 6) is 0.757. The zero-order valence-corrected chi connectivity index (χ0v) is 11.2. The number of benzene rings is 1. The standard InChI is InChI=1S/C14H19N5/c1-11-4-2-3-5-14(11)16-12-6-8-13(9-7-12)19-10-15-17-18-19/h6-11,14,16H,2-5H2,1H3. The van der Waals surface area contributed by atoms with Crippen molar-refractivity contribution in [2.24, 2.45) is 5.92 Å². The van der Waals surface area contributed by atoms with E-state index < -0.39 is 0 Å². The Morgan fingerprint density at radius 3 is 2.63 bits per heavy atom. The maximum absolute atomic E-state index is 3.88. The van der Waals surface area contributed by atoms with Crippen LogP contribution in [0.2, 0.25) is 0 Å². The largest absolute Gasteiger partial charge is 0.382 e. The fourth-order valence-corrected chi connectivity index (χ4v) is 2.73. The molecule has 0 bridgehead atoms. The van der Waals surface area contributed by atoms with Crippen molar-refractivity contribution in [1.29, 1.82) is 0 Å². The summed E-state index contributed by atoms with van der Waals surface area (Å²) in [6.45, 7) is 2.34. The number of nitrogens with one attached hydrogen (secondary N) is 1. The van der Waals surface area contributed by atoms with Crippen LogP contribution in [0.5, 0.6) is 0 Å². The van der Waals surface area contributed by atoms with E-state index in [1.165, 1.54) is 31.4 Å². The summed E-state index contributed by atoms with van der Waals surface area (Å²) in [6, 6.07) is 8.86. The average Bonchev–Trinajstić information content (AvgIpc) is 2.96. The van der Waals surface area contributed by atoms with Crippen molar-refractivity contribution in [3.05, 3.63) is 30.6 Å². The number of aromatic nitrogens is 4. The van der Waals surface area contributed by atoms with E-state index in [-0.39, 0.29) is 0 Å². The zero-order chi connectivity index (χ0) is 13.1. The van der Waals surface area contributed by atoms with E-state index in [1.54, 1.807) is 11.0 Å². The summed E-state index contributed by atoms with van der Waals surface area (Å²) in [7, 11) is 0. The lowest BCUT2D eigenvalue weighted by molar-refractivity contribution is 0.349. The third-order valence-electron chi connectivity index (χ3n) is 3.94. The minimum atomic E-state index is 0.604. The molecule has 1 N–H and O–H groups in total. The fourth-order valence-electron chi connectivity index (χ4n) is 2.73. The highest BCUT2D eigenvalue weighted by Crippen LogP contribution is 2.27. The molecule has 2 atom stereocenters. The van der Waals surface area contributed by atoms with E-state index in [4.69, 9.17) is 0 Å². The van der Waals surface area contributed by atoms with E-state index in [0.29, 0.717) is 6.04 Å². The third kappa shape index (κ3) is 2.75. The van der Waals surface area contributed by atoms with Gasteiger partial charge in [-0.25, -0.2) is 4.68 Å². The summed E-state index contributed by atoms with van der Waals surface area (Å²) < 4.78 is 1.66. The van der Waals surface area contributed by atoms with Gasteiger partial charge in [-0.2, -0.15) is 0 Å². The molecule has 100 valence electrons. The predicted molar refractivity (Wildman–Crippen MR) is 74.2 cm³/mol. The Morgan fingerprint density at radius 1 is 1.16 bits per heavy atom. The molecule has 0 amide bonds. The Hall–Kier alpha value is -1.91. The maximum Gasteiger partial charge on any atom is 0.143 e. The van der Waals surface area contributed by atoms with E-state index >= 15 is 0 Å². The summed E-state index contributed by atoms with van der Waals surface area (Å²) in [4.78, 5) is 0. The van der Waals surface area contributed by atoms with Crippen molar-refractivity contribution in [1.82, 2.24) is 20.2 Å². The second kappa shape index (κ2) is 5.38. The van der Waals surface area contributed by atoms with Crippen LogP contribution in [0.3, 0.4) is 0 Å². The Morgan fingerprint density at radius 2 is 1.95 bits per heavy atom. The molecule has 1 heterocycles. The van der Waals surface area contributed by atoms with Crippen molar-refractivity contribution in [2.75, 3.05) is 5.32 Å². The number of rotatable bonds is 3. The maximum atomic E-state index is 3.88. The topological polar surface area (TPSA) is 55.6 Å². The highest BCUT2D eigenvalue weighted by Gasteiger charge is 2.20. The predicted octanol–water partition coefficient (Wildman–Crippen LogP) is 2.65. The van der Waals surface area contributed by atoms with Gasteiger partial charge >= 0.3 is 0 Å². The molecule has 5 nitrogen and oxygen atoms in total. The van der Waals surface area contributed by atoms with Crippen molar-refractivity contribution >= 4 is 5.69 Å². The number of hydrogen-bond donors (Lipinski definition) is 1. The van der Waals surface area contributed by atoms with Gasteiger partial charge in [0.15, 0.2) is 0 Å². The molecular weight excluding hydrogens is 238 g/mol. The van der Waals surface area contributed by atoms with Gasteiger partial charge in [0, 0.05) is 11.7 Å². The molecule has 1 saturated carbocycles.